The number of nitrogens with zero attached hydrogens (tertiary/aromatic N) is 3. The second-order valence-corrected chi connectivity index (χ2v) is 8.44. The molecule has 0 aromatic heterocycles. The van der Waals surface area contributed by atoms with Crippen molar-refractivity contribution in [2.45, 2.75) is 30.9 Å². The largest absolute Gasteiger partial charge is 0.455 e. The fourth-order valence-electron chi connectivity index (χ4n) is 4.98. The fraction of sp³-hybridized carbons (Fsp3) is 0.435. The molecule has 3 aliphatic rings. The molecule has 6 heteroatoms. The SMILES string of the molecule is CN1CCC[C@]2(CN=C(N3CCc4ccccc4[C@@H]3c3ccc(F)cc3F)O2)C1. The van der Waals surface area contributed by atoms with Gasteiger partial charge in [-0.05, 0) is 50.0 Å². The smallest absolute Gasteiger partial charge is 0.288 e. The van der Waals surface area contributed by atoms with Crippen LogP contribution in [0.5, 0.6) is 0 Å². The molecule has 2 aromatic rings. The Bertz CT molecular complexity index is 963. The first kappa shape index (κ1) is 18.6. The molecular formula is C23H25F2N3O. The monoisotopic (exact) mass is 397 g/mol. The standard InChI is InChI=1S/C23H25F2N3O/c1-27-11-4-10-23(15-27)14-26-22(29-23)28-12-9-16-5-2-3-6-18(16)21(28)19-8-7-17(24)13-20(19)25/h2-3,5-8,13,21H,4,9-12,14-15H2,1H3/t21-,23+/m1/s1. The summed E-state index contributed by atoms with van der Waals surface area (Å²) in [5.41, 5.74) is 2.37. The number of halogens is 2. The molecule has 0 bridgehead atoms. The lowest BCUT2D eigenvalue weighted by Crippen LogP contribution is -2.51. The zero-order valence-electron chi connectivity index (χ0n) is 16.6. The molecule has 0 amide bonds. The molecule has 0 N–H and O–H groups in total. The van der Waals surface area contributed by atoms with Gasteiger partial charge in [-0.3, -0.25) is 0 Å². The van der Waals surface area contributed by atoms with Crippen molar-refractivity contribution in [3.63, 3.8) is 0 Å². The summed E-state index contributed by atoms with van der Waals surface area (Å²) in [7, 11) is 2.11. The van der Waals surface area contributed by atoms with Crippen molar-refractivity contribution in [1.82, 2.24) is 9.80 Å². The average Bonchev–Trinajstić information content (AvgIpc) is 3.10. The molecule has 5 rings (SSSR count). The number of likely N-dealkylation sites (N-methyl/N-ethyl adjacent to an activating group) is 1. The van der Waals surface area contributed by atoms with E-state index in [1.54, 1.807) is 6.07 Å². The molecule has 1 saturated heterocycles. The van der Waals surface area contributed by atoms with Gasteiger partial charge < -0.3 is 14.5 Å². The maximum atomic E-state index is 14.8. The van der Waals surface area contributed by atoms with Crippen LogP contribution in [0.3, 0.4) is 0 Å². The Morgan fingerprint density at radius 3 is 2.79 bits per heavy atom. The van der Waals surface area contributed by atoms with E-state index in [1.165, 1.54) is 11.6 Å². The number of ether oxygens (including phenoxy) is 1. The van der Waals surface area contributed by atoms with E-state index in [9.17, 15) is 8.78 Å². The summed E-state index contributed by atoms with van der Waals surface area (Å²) < 4.78 is 34.9. The summed E-state index contributed by atoms with van der Waals surface area (Å²) in [6.07, 6.45) is 2.90. The Morgan fingerprint density at radius 1 is 1.10 bits per heavy atom. The molecule has 1 spiro atoms. The fourth-order valence-corrected chi connectivity index (χ4v) is 4.98. The van der Waals surface area contributed by atoms with E-state index in [2.05, 4.69) is 22.9 Å². The van der Waals surface area contributed by atoms with Crippen LogP contribution in [0.4, 0.5) is 8.78 Å². The minimum absolute atomic E-state index is 0.287. The van der Waals surface area contributed by atoms with Gasteiger partial charge in [0.2, 0.25) is 0 Å². The third-order valence-corrected chi connectivity index (χ3v) is 6.33. The van der Waals surface area contributed by atoms with Gasteiger partial charge in [0.15, 0.2) is 0 Å². The van der Waals surface area contributed by atoms with Crippen molar-refractivity contribution in [3.8, 4) is 0 Å². The zero-order chi connectivity index (χ0) is 20.0. The number of hydrogen-bond acceptors (Lipinski definition) is 4. The van der Waals surface area contributed by atoms with Crippen molar-refractivity contribution >= 4 is 6.02 Å². The van der Waals surface area contributed by atoms with Crippen molar-refractivity contribution in [2.75, 3.05) is 33.2 Å². The maximum absolute atomic E-state index is 14.8. The first-order valence-corrected chi connectivity index (χ1v) is 10.3. The summed E-state index contributed by atoms with van der Waals surface area (Å²) in [5, 5.41) is 0. The molecule has 29 heavy (non-hydrogen) atoms. The minimum Gasteiger partial charge on any atom is -0.455 e. The van der Waals surface area contributed by atoms with E-state index in [1.807, 2.05) is 18.2 Å². The van der Waals surface area contributed by atoms with Crippen LogP contribution in [-0.4, -0.2) is 54.6 Å². The van der Waals surface area contributed by atoms with E-state index < -0.39 is 11.6 Å². The van der Waals surface area contributed by atoms with Crippen LogP contribution in [0, 0.1) is 11.6 Å². The normalized spacial score (nSPS) is 26.9. The summed E-state index contributed by atoms with van der Waals surface area (Å²) in [6, 6.07) is 12.1. The number of hydrogen-bond donors (Lipinski definition) is 0. The Morgan fingerprint density at radius 2 is 1.97 bits per heavy atom. The van der Waals surface area contributed by atoms with Crippen LogP contribution in [0.15, 0.2) is 47.5 Å². The van der Waals surface area contributed by atoms with Crippen LogP contribution in [0.2, 0.25) is 0 Å². The first-order chi connectivity index (χ1) is 14.0. The summed E-state index contributed by atoms with van der Waals surface area (Å²) in [6.45, 7) is 3.23. The molecule has 2 atom stereocenters. The van der Waals surface area contributed by atoms with Gasteiger partial charge >= 0.3 is 0 Å². The van der Waals surface area contributed by atoms with Gasteiger partial charge in [-0.2, -0.15) is 0 Å². The predicted molar refractivity (Wildman–Crippen MR) is 108 cm³/mol. The molecule has 0 saturated carbocycles. The lowest BCUT2D eigenvalue weighted by molar-refractivity contribution is 0.000194. The first-order valence-electron chi connectivity index (χ1n) is 10.3. The molecule has 3 heterocycles. The Labute approximate surface area is 169 Å². The van der Waals surface area contributed by atoms with Crippen molar-refractivity contribution in [3.05, 3.63) is 70.8 Å². The number of likely N-dealkylation sites (tertiary alicyclic amines) is 1. The molecule has 1 fully saturated rings. The van der Waals surface area contributed by atoms with E-state index in [4.69, 9.17) is 9.73 Å². The molecule has 0 unspecified atom stereocenters. The Kier molecular flexibility index (Phi) is 4.54. The highest BCUT2D eigenvalue weighted by Crippen LogP contribution is 2.39. The Balaban J connectivity index is 1.52. The molecule has 2 aromatic carbocycles. The number of amidine groups is 1. The average molecular weight is 397 g/mol. The Hall–Kier alpha value is -2.47. The summed E-state index contributed by atoms with van der Waals surface area (Å²) in [5.74, 6) is -1.11. The summed E-state index contributed by atoms with van der Waals surface area (Å²) in [4.78, 5) is 9.10. The van der Waals surface area contributed by atoms with Crippen LogP contribution >= 0.6 is 0 Å². The third-order valence-electron chi connectivity index (χ3n) is 6.33. The van der Waals surface area contributed by atoms with E-state index >= 15 is 0 Å². The molecule has 0 radical (unpaired) electrons. The number of benzene rings is 2. The highest BCUT2D eigenvalue weighted by molar-refractivity contribution is 5.78. The minimum atomic E-state index is -0.569. The number of rotatable bonds is 1. The van der Waals surface area contributed by atoms with Gasteiger partial charge in [0.05, 0.1) is 12.6 Å². The number of piperidine rings is 1. The van der Waals surface area contributed by atoms with Crippen LogP contribution in [0.25, 0.3) is 0 Å². The van der Waals surface area contributed by atoms with Gasteiger partial charge in [-0.1, -0.05) is 30.3 Å². The lowest BCUT2D eigenvalue weighted by atomic mass is 9.88. The van der Waals surface area contributed by atoms with E-state index in [0.717, 1.165) is 44.0 Å². The van der Waals surface area contributed by atoms with Gasteiger partial charge in [0, 0.05) is 24.7 Å². The second kappa shape index (κ2) is 7.10. The third kappa shape index (κ3) is 3.29. The van der Waals surface area contributed by atoms with Gasteiger partial charge in [0.1, 0.15) is 17.2 Å². The summed E-state index contributed by atoms with van der Waals surface area (Å²) >= 11 is 0. The highest BCUT2D eigenvalue weighted by atomic mass is 19.1. The maximum Gasteiger partial charge on any atom is 0.288 e. The quantitative estimate of drug-likeness (QED) is 0.734. The molecule has 152 valence electrons. The zero-order valence-corrected chi connectivity index (χ0v) is 16.6. The number of aliphatic imine (C=N–C) groups is 1. The van der Waals surface area contributed by atoms with Gasteiger partial charge in [-0.25, -0.2) is 13.8 Å². The van der Waals surface area contributed by atoms with E-state index in [0.29, 0.717) is 24.7 Å². The van der Waals surface area contributed by atoms with E-state index in [-0.39, 0.29) is 11.6 Å². The number of fused-ring (bicyclic) bond motifs is 1. The highest BCUT2D eigenvalue weighted by Gasteiger charge is 2.44. The van der Waals surface area contributed by atoms with Crippen LogP contribution < -0.4 is 0 Å². The molecular weight excluding hydrogens is 372 g/mol. The molecule has 0 aliphatic carbocycles. The molecule has 3 aliphatic heterocycles. The van der Waals surface area contributed by atoms with Gasteiger partial charge in [-0.15, -0.1) is 0 Å². The lowest BCUT2D eigenvalue weighted by Gasteiger charge is -2.41. The second-order valence-electron chi connectivity index (χ2n) is 8.44. The van der Waals surface area contributed by atoms with Crippen LogP contribution in [0.1, 0.15) is 35.6 Å². The van der Waals surface area contributed by atoms with Gasteiger partial charge in [0.25, 0.3) is 6.02 Å². The van der Waals surface area contributed by atoms with Crippen LogP contribution in [-0.2, 0) is 11.2 Å². The van der Waals surface area contributed by atoms with Crippen molar-refractivity contribution in [1.29, 1.82) is 0 Å². The predicted octanol–water partition coefficient (Wildman–Crippen LogP) is 3.76. The van der Waals surface area contributed by atoms with Crippen molar-refractivity contribution < 1.29 is 13.5 Å². The topological polar surface area (TPSA) is 28.1 Å². The molecule has 4 nitrogen and oxygen atoms in total. The van der Waals surface area contributed by atoms with Crippen molar-refractivity contribution in [2.24, 2.45) is 4.99 Å².